The molecule has 1 rings (SSSR count). The average molecular weight is 276 g/mol. The predicted octanol–water partition coefficient (Wildman–Crippen LogP) is 0.308. The third kappa shape index (κ3) is 3.86. The number of aliphatic carboxylic acids is 1. The van der Waals surface area contributed by atoms with Crippen LogP contribution in [-0.2, 0) is 14.6 Å². The fraction of sp³-hybridized carbons (Fsp3) is 0.889. The van der Waals surface area contributed by atoms with Crippen LogP contribution in [0.25, 0.3) is 10.4 Å². The van der Waals surface area contributed by atoms with Gasteiger partial charge in [0.1, 0.15) is 5.54 Å². The van der Waals surface area contributed by atoms with Crippen molar-refractivity contribution in [3.63, 3.8) is 0 Å². The number of nitrogens with one attached hydrogen (secondary N) is 1. The number of nitrogens with zero attached hydrogens (tertiary/aromatic N) is 3. The predicted molar refractivity (Wildman–Crippen MR) is 64.9 cm³/mol. The minimum Gasteiger partial charge on any atom is -0.480 e. The Morgan fingerprint density at radius 3 is 2.83 bits per heavy atom. The molecule has 0 bridgehead atoms. The van der Waals surface area contributed by atoms with E-state index in [-0.39, 0.29) is 18.1 Å². The van der Waals surface area contributed by atoms with Gasteiger partial charge >= 0.3 is 5.97 Å². The molecule has 1 saturated heterocycles. The molecule has 1 fully saturated rings. The summed E-state index contributed by atoms with van der Waals surface area (Å²) in [7, 11) is -3.31. The maximum Gasteiger partial charge on any atom is 0.324 e. The van der Waals surface area contributed by atoms with Gasteiger partial charge in [-0.05, 0) is 31.3 Å². The van der Waals surface area contributed by atoms with Crippen LogP contribution in [0, 0.1) is 0 Å². The number of sulfone groups is 1. The molecule has 102 valence electrons. The molecule has 0 radical (unpaired) electrons. The molecule has 8 nitrogen and oxygen atoms in total. The molecule has 1 aliphatic rings. The lowest BCUT2D eigenvalue weighted by Crippen LogP contribution is -2.59. The molecule has 0 aromatic heterocycles. The summed E-state index contributed by atoms with van der Waals surface area (Å²) in [4.78, 5) is 13.9. The van der Waals surface area contributed by atoms with Crippen LogP contribution in [0.3, 0.4) is 0 Å². The Labute approximate surface area is 105 Å². The van der Waals surface area contributed by atoms with Crippen molar-refractivity contribution >= 4 is 15.8 Å². The van der Waals surface area contributed by atoms with Gasteiger partial charge in [-0.1, -0.05) is 5.11 Å². The van der Waals surface area contributed by atoms with Crippen LogP contribution in [0.5, 0.6) is 0 Å². The van der Waals surface area contributed by atoms with Crippen molar-refractivity contribution in [2.45, 2.75) is 24.8 Å². The lowest BCUT2D eigenvalue weighted by Gasteiger charge is -2.33. The van der Waals surface area contributed by atoms with E-state index in [4.69, 9.17) is 5.53 Å². The van der Waals surface area contributed by atoms with Crippen LogP contribution in [-0.4, -0.2) is 49.6 Å². The number of hydrogen-bond donors (Lipinski definition) is 2. The molecule has 18 heavy (non-hydrogen) atoms. The van der Waals surface area contributed by atoms with E-state index in [0.717, 1.165) is 0 Å². The quantitative estimate of drug-likeness (QED) is 0.312. The zero-order chi connectivity index (χ0) is 13.6. The van der Waals surface area contributed by atoms with E-state index in [1.54, 1.807) is 0 Å². The van der Waals surface area contributed by atoms with Gasteiger partial charge in [-0.15, -0.1) is 0 Å². The highest BCUT2D eigenvalue weighted by atomic mass is 32.2. The van der Waals surface area contributed by atoms with E-state index in [1.165, 1.54) is 0 Å². The molecule has 0 saturated carbocycles. The van der Waals surface area contributed by atoms with Crippen molar-refractivity contribution in [3.05, 3.63) is 10.4 Å². The molecule has 0 amide bonds. The molecule has 0 spiro atoms. The zero-order valence-electron chi connectivity index (χ0n) is 9.87. The number of rotatable bonds is 6. The van der Waals surface area contributed by atoms with E-state index in [0.29, 0.717) is 25.8 Å². The summed E-state index contributed by atoms with van der Waals surface area (Å²) in [5, 5.41) is 15.3. The monoisotopic (exact) mass is 276 g/mol. The Balaban J connectivity index is 2.64. The molecule has 1 aliphatic heterocycles. The number of azide groups is 1. The Morgan fingerprint density at radius 2 is 2.28 bits per heavy atom. The minimum absolute atomic E-state index is 0.0441. The van der Waals surface area contributed by atoms with E-state index in [1.807, 2.05) is 0 Å². The van der Waals surface area contributed by atoms with Gasteiger partial charge in [-0.3, -0.25) is 4.79 Å². The first-order valence-electron chi connectivity index (χ1n) is 5.62. The van der Waals surface area contributed by atoms with Gasteiger partial charge in [0.15, 0.2) is 9.84 Å². The second kappa shape index (κ2) is 6.03. The standard InChI is InChI=1S/C9H16N4O4S/c10-13-12-5-2-4-11-9(8(14)15)3-1-6-18(16,17)7-9/h11H,1-7H2,(H,14,15). The average Bonchev–Trinajstić information content (AvgIpc) is 2.27. The number of carbonyl (C=O) groups is 1. The smallest absolute Gasteiger partial charge is 0.324 e. The van der Waals surface area contributed by atoms with Crippen molar-refractivity contribution in [1.82, 2.24) is 5.32 Å². The maximum atomic E-state index is 11.5. The number of carboxylic acid groups (broad SMARTS) is 1. The highest BCUT2D eigenvalue weighted by Gasteiger charge is 2.44. The lowest BCUT2D eigenvalue weighted by atomic mass is 9.95. The van der Waals surface area contributed by atoms with Crippen molar-refractivity contribution in [3.8, 4) is 0 Å². The Hall–Kier alpha value is -1.31. The Kier molecular flexibility index (Phi) is 4.94. The second-order valence-corrected chi connectivity index (χ2v) is 6.50. The molecule has 0 aromatic carbocycles. The molecule has 1 atom stereocenters. The van der Waals surface area contributed by atoms with Gasteiger partial charge in [-0.25, -0.2) is 8.42 Å². The summed E-state index contributed by atoms with van der Waals surface area (Å²) in [5.41, 5.74) is 6.69. The van der Waals surface area contributed by atoms with E-state index in [9.17, 15) is 18.3 Å². The van der Waals surface area contributed by atoms with Crippen LogP contribution in [0.2, 0.25) is 0 Å². The molecule has 0 aromatic rings. The normalized spacial score (nSPS) is 26.2. The summed E-state index contributed by atoms with van der Waals surface area (Å²) in [6.45, 7) is 0.562. The maximum absolute atomic E-state index is 11.5. The molecule has 0 aliphatic carbocycles. The number of carboxylic acids is 1. The Morgan fingerprint density at radius 1 is 1.56 bits per heavy atom. The summed E-state index contributed by atoms with van der Waals surface area (Å²) in [6, 6.07) is 0. The van der Waals surface area contributed by atoms with Crippen LogP contribution >= 0.6 is 0 Å². The highest BCUT2D eigenvalue weighted by Crippen LogP contribution is 2.23. The topological polar surface area (TPSA) is 132 Å². The van der Waals surface area contributed by atoms with E-state index in [2.05, 4.69) is 15.3 Å². The second-order valence-electron chi connectivity index (χ2n) is 4.32. The van der Waals surface area contributed by atoms with Crippen molar-refractivity contribution in [1.29, 1.82) is 0 Å². The summed E-state index contributed by atoms with van der Waals surface area (Å²) >= 11 is 0. The van der Waals surface area contributed by atoms with Crippen LogP contribution < -0.4 is 5.32 Å². The van der Waals surface area contributed by atoms with Crippen LogP contribution in [0.1, 0.15) is 19.3 Å². The fourth-order valence-electron chi connectivity index (χ4n) is 2.02. The van der Waals surface area contributed by atoms with Gasteiger partial charge in [0.2, 0.25) is 0 Å². The van der Waals surface area contributed by atoms with Crippen LogP contribution in [0.15, 0.2) is 5.11 Å². The largest absolute Gasteiger partial charge is 0.480 e. The van der Waals surface area contributed by atoms with Gasteiger partial charge in [-0.2, -0.15) is 0 Å². The fourth-order valence-corrected chi connectivity index (χ4v) is 3.87. The highest BCUT2D eigenvalue weighted by molar-refractivity contribution is 7.91. The first kappa shape index (κ1) is 14.7. The lowest BCUT2D eigenvalue weighted by molar-refractivity contribution is -0.144. The third-order valence-electron chi connectivity index (χ3n) is 2.90. The summed E-state index contributed by atoms with van der Waals surface area (Å²) in [5.74, 6) is -1.48. The van der Waals surface area contributed by atoms with Crippen molar-refractivity contribution in [2.75, 3.05) is 24.6 Å². The third-order valence-corrected chi connectivity index (χ3v) is 4.74. The molecule has 2 N–H and O–H groups in total. The summed E-state index contributed by atoms with van der Waals surface area (Å²) < 4.78 is 23.1. The van der Waals surface area contributed by atoms with Gasteiger partial charge in [0, 0.05) is 11.5 Å². The first-order chi connectivity index (χ1) is 8.42. The summed E-state index contributed by atoms with van der Waals surface area (Å²) in [6.07, 6.45) is 1.11. The SMILES string of the molecule is [N-]=[N+]=NCCCNC1(C(=O)O)CCCS(=O)(=O)C1. The zero-order valence-corrected chi connectivity index (χ0v) is 10.7. The molecule has 1 heterocycles. The molecule has 1 unspecified atom stereocenters. The van der Waals surface area contributed by atoms with Crippen molar-refractivity contribution in [2.24, 2.45) is 5.11 Å². The molecular weight excluding hydrogens is 260 g/mol. The van der Waals surface area contributed by atoms with Gasteiger partial charge in [0.05, 0.1) is 11.5 Å². The van der Waals surface area contributed by atoms with Gasteiger partial charge < -0.3 is 10.4 Å². The van der Waals surface area contributed by atoms with Crippen LogP contribution in [0.4, 0.5) is 0 Å². The minimum atomic E-state index is -3.31. The molecular formula is C9H16N4O4S. The van der Waals surface area contributed by atoms with E-state index >= 15 is 0 Å². The molecule has 9 heteroatoms. The first-order valence-corrected chi connectivity index (χ1v) is 7.44. The van der Waals surface area contributed by atoms with E-state index < -0.39 is 21.3 Å². The number of hydrogen-bond acceptors (Lipinski definition) is 5. The van der Waals surface area contributed by atoms with Gasteiger partial charge in [0.25, 0.3) is 0 Å². The van der Waals surface area contributed by atoms with Crippen molar-refractivity contribution < 1.29 is 18.3 Å². The Bertz CT molecular complexity index is 457.